The maximum absolute atomic E-state index is 6.32. The van der Waals surface area contributed by atoms with Gasteiger partial charge in [0.25, 0.3) is 0 Å². The van der Waals surface area contributed by atoms with Gasteiger partial charge in [-0.05, 0) is 25.7 Å². The molecule has 0 aliphatic heterocycles. The van der Waals surface area contributed by atoms with Crippen LogP contribution >= 0.6 is 0 Å². The van der Waals surface area contributed by atoms with Gasteiger partial charge in [-0.3, -0.25) is 4.90 Å². The van der Waals surface area contributed by atoms with E-state index in [1.54, 1.807) is 7.11 Å². The Labute approximate surface area is 107 Å². The van der Waals surface area contributed by atoms with Crippen molar-refractivity contribution in [3.63, 3.8) is 0 Å². The van der Waals surface area contributed by atoms with Crippen LogP contribution in [0.15, 0.2) is 0 Å². The minimum Gasteiger partial charge on any atom is -0.383 e. The maximum Gasteiger partial charge on any atom is 0.0589 e. The van der Waals surface area contributed by atoms with Gasteiger partial charge in [0, 0.05) is 31.8 Å². The number of hydrogen-bond acceptors (Lipinski definition) is 3. The Morgan fingerprint density at radius 3 is 2.41 bits per heavy atom. The van der Waals surface area contributed by atoms with Gasteiger partial charge >= 0.3 is 0 Å². The molecule has 0 aromatic heterocycles. The lowest BCUT2D eigenvalue weighted by atomic mass is 9.88. The van der Waals surface area contributed by atoms with Crippen LogP contribution in [-0.2, 0) is 4.74 Å². The normalized spacial score (nSPS) is 25.8. The molecule has 3 heteroatoms. The molecule has 1 rings (SSSR count). The summed E-state index contributed by atoms with van der Waals surface area (Å²) in [6.45, 7) is 6.41. The lowest BCUT2D eigenvalue weighted by Crippen LogP contribution is -2.54. The summed E-state index contributed by atoms with van der Waals surface area (Å²) >= 11 is 0. The van der Waals surface area contributed by atoms with Gasteiger partial charge in [-0.2, -0.15) is 0 Å². The first-order chi connectivity index (χ1) is 8.24. The SMILES string of the molecule is CCC(CC)N(CCOC)C1CCCCC1N. The summed E-state index contributed by atoms with van der Waals surface area (Å²) in [7, 11) is 1.78. The van der Waals surface area contributed by atoms with Crippen LogP contribution in [0.2, 0.25) is 0 Å². The average Bonchev–Trinajstić information content (AvgIpc) is 2.36. The van der Waals surface area contributed by atoms with Crippen molar-refractivity contribution in [1.82, 2.24) is 4.90 Å². The molecule has 0 aromatic rings. The summed E-state index contributed by atoms with van der Waals surface area (Å²) in [6.07, 6.45) is 7.52. The van der Waals surface area contributed by atoms with Crippen LogP contribution in [0, 0.1) is 0 Å². The third-order valence-electron chi connectivity index (χ3n) is 4.17. The molecule has 1 aliphatic carbocycles. The van der Waals surface area contributed by atoms with E-state index in [2.05, 4.69) is 18.7 Å². The average molecular weight is 242 g/mol. The minimum absolute atomic E-state index is 0.362. The maximum atomic E-state index is 6.32. The van der Waals surface area contributed by atoms with E-state index in [9.17, 15) is 0 Å². The molecule has 2 unspecified atom stereocenters. The summed E-state index contributed by atoms with van der Waals surface area (Å²) < 4.78 is 5.26. The van der Waals surface area contributed by atoms with Crippen LogP contribution in [0.25, 0.3) is 0 Å². The molecule has 102 valence electrons. The highest BCUT2D eigenvalue weighted by Crippen LogP contribution is 2.25. The van der Waals surface area contributed by atoms with Crippen molar-refractivity contribution in [3.8, 4) is 0 Å². The highest BCUT2D eigenvalue weighted by atomic mass is 16.5. The number of nitrogens with two attached hydrogens (primary N) is 1. The Hall–Kier alpha value is -0.120. The van der Waals surface area contributed by atoms with Crippen LogP contribution in [0.5, 0.6) is 0 Å². The summed E-state index contributed by atoms with van der Waals surface area (Å²) in [6, 6.07) is 1.60. The number of hydrogen-bond donors (Lipinski definition) is 1. The van der Waals surface area contributed by atoms with E-state index < -0.39 is 0 Å². The quantitative estimate of drug-likeness (QED) is 0.745. The van der Waals surface area contributed by atoms with E-state index in [0.717, 1.165) is 13.2 Å². The second-order valence-electron chi connectivity index (χ2n) is 5.22. The molecule has 2 N–H and O–H groups in total. The van der Waals surface area contributed by atoms with Crippen LogP contribution in [-0.4, -0.2) is 43.3 Å². The van der Waals surface area contributed by atoms with E-state index in [-0.39, 0.29) is 0 Å². The van der Waals surface area contributed by atoms with Gasteiger partial charge in [0.1, 0.15) is 0 Å². The topological polar surface area (TPSA) is 38.5 Å². The van der Waals surface area contributed by atoms with Crippen LogP contribution in [0.3, 0.4) is 0 Å². The number of ether oxygens (including phenoxy) is 1. The molecule has 0 saturated heterocycles. The number of rotatable bonds is 7. The van der Waals surface area contributed by atoms with Crippen molar-refractivity contribution < 1.29 is 4.74 Å². The molecule has 0 heterocycles. The molecule has 2 atom stereocenters. The predicted octanol–water partition coefficient (Wildman–Crippen LogP) is 2.39. The predicted molar refractivity (Wildman–Crippen MR) is 73.2 cm³/mol. The Morgan fingerprint density at radius 1 is 1.24 bits per heavy atom. The van der Waals surface area contributed by atoms with Gasteiger partial charge in [-0.25, -0.2) is 0 Å². The van der Waals surface area contributed by atoms with E-state index in [1.807, 2.05) is 0 Å². The zero-order valence-corrected chi connectivity index (χ0v) is 11.8. The Kier molecular flexibility index (Phi) is 7.09. The van der Waals surface area contributed by atoms with Gasteiger partial charge in [-0.15, -0.1) is 0 Å². The standard InChI is InChI=1S/C14H30N2O/c1-4-12(5-2)16(10-11-17-3)14-9-7-6-8-13(14)15/h12-14H,4-11,15H2,1-3H3. The largest absolute Gasteiger partial charge is 0.383 e. The second kappa shape index (κ2) is 8.06. The molecule has 1 aliphatic rings. The van der Waals surface area contributed by atoms with E-state index in [1.165, 1.54) is 38.5 Å². The molecule has 0 radical (unpaired) electrons. The summed E-state index contributed by atoms with van der Waals surface area (Å²) in [5, 5.41) is 0. The van der Waals surface area contributed by atoms with Crippen LogP contribution < -0.4 is 5.73 Å². The Bertz CT molecular complexity index is 195. The van der Waals surface area contributed by atoms with Gasteiger partial charge < -0.3 is 10.5 Å². The van der Waals surface area contributed by atoms with E-state index in [0.29, 0.717) is 18.1 Å². The van der Waals surface area contributed by atoms with Crippen molar-refractivity contribution in [2.75, 3.05) is 20.3 Å². The van der Waals surface area contributed by atoms with Gasteiger partial charge in [0.05, 0.1) is 6.61 Å². The molecule has 0 bridgehead atoms. The highest BCUT2D eigenvalue weighted by Gasteiger charge is 2.30. The zero-order chi connectivity index (χ0) is 12.7. The third-order valence-corrected chi connectivity index (χ3v) is 4.17. The van der Waals surface area contributed by atoms with Gasteiger partial charge in [-0.1, -0.05) is 26.7 Å². The molecule has 1 saturated carbocycles. The Morgan fingerprint density at radius 2 is 1.88 bits per heavy atom. The molecule has 17 heavy (non-hydrogen) atoms. The third kappa shape index (κ3) is 4.23. The monoisotopic (exact) mass is 242 g/mol. The van der Waals surface area contributed by atoms with E-state index in [4.69, 9.17) is 10.5 Å². The summed E-state index contributed by atoms with van der Waals surface area (Å²) in [5.74, 6) is 0. The van der Waals surface area contributed by atoms with E-state index >= 15 is 0 Å². The lowest BCUT2D eigenvalue weighted by molar-refractivity contribution is 0.0539. The van der Waals surface area contributed by atoms with Crippen LogP contribution in [0.4, 0.5) is 0 Å². The molecular weight excluding hydrogens is 212 g/mol. The molecular formula is C14H30N2O. The fourth-order valence-electron chi connectivity index (χ4n) is 3.13. The smallest absolute Gasteiger partial charge is 0.0589 e. The van der Waals surface area contributed by atoms with Crippen molar-refractivity contribution in [2.45, 2.75) is 70.5 Å². The highest BCUT2D eigenvalue weighted by molar-refractivity contribution is 4.88. The second-order valence-corrected chi connectivity index (χ2v) is 5.22. The number of nitrogens with zero attached hydrogens (tertiary/aromatic N) is 1. The first-order valence-corrected chi connectivity index (χ1v) is 7.24. The minimum atomic E-state index is 0.362. The van der Waals surface area contributed by atoms with Crippen molar-refractivity contribution >= 4 is 0 Å². The van der Waals surface area contributed by atoms with Crippen molar-refractivity contribution in [1.29, 1.82) is 0 Å². The van der Waals surface area contributed by atoms with Crippen LogP contribution in [0.1, 0.15) is 52.4 Å². The molecule has 3 nitrogen and oxygen atoms in total. The van der Waals surface area contributed by atoms with Crippen molar-refractivity contribution in [2.24, 2.45) is 5.73 Å². The first kappa shape index (κ1) is 14.9. The fourth-order valence-corrected chi connectivity index (χ4v) is 3.13. The number of methoxy groups -OCH3 is 1. The fraction of sp³-hybridized carbons (Fsp3) is 1.00. The molecule has 0 aromatic carbocycles. The lowest BCUT2D eigenvalue weighted by Gasteiger charge is -2.42. The molecule has 1 fully saturated rings. The Balaban J connectivity index is 2.65. The zero-order valence-electron chi connectivity index (χ0n) is 11.8. The van der Waals surface area contributed by atoms with Gasteiger partial charge in [0.2, 0.25) is 0 Å². The van der Waals surface area contributed by atoms with Gasteiger partial charge in [0.15, 0.2) is 0 Å². The summed E-state index contributed by atoms with van der Waals surface area (Å²) in [5.41, 5.74) is 6.32. The molecule has 0 spiro atoms. The first-order valence-electron chi connectivity index (χ1n) is 7.24. The van der Waals surface area contributed by atoms with Crippen molar-refractivity contribution in [3.05, 3.63) is 0 Å². The molecule has 0 amide bonds. The summed E-state index contributed by atoms with van der Waals surface area (Å²) in [4.78, 5) is 2.62.